The van der Waals surface area contributed by atoms with Crippen LogP contribution in [-0.2, 0) is 9.59 Å². The second kappa shape index (κ2) is 7.14. The molecule has 0 unspecified atom stereocenters. The van der Waals surface area contributed by atoms with Crippen molar-refractivity contribution in [2.24, 2.45) is 0 Å². The summed E-state index contributed by atoms with van der Waals surface area (Å²) in [7, 11) is 0. The lowest BCUT2D eigenvalue weighted by Gasteiger charge is -2.16. The largest absolute Gasteiger partial charge is 0.350 e. The van der Waals surface area contributed by atoms with Crippen molar-refractivity contribution in [2.75, 3.05) is 10.2 Å². The number of nitrogens with zero attached hydrogens (tertiary/aromatic N) is 1. The second-order valence-corrected chi connectivity index (χ2v) is 7.26. The Morgan fingerprint density at radius 1 is 0.962 bits per heavy atom. The average Bonchev–Trinajstić information content (AvgIpc) is 2.81. The summed E-state index contributed by atoms with van der Waals surface area (Å²) < 4.78 is 0. The minimum absolute atomic E-state index is 0.0608. The van der Waals surface area contributed by atoms with E-state index in [0.29, 0.717) is 22.3 Å². The first-order valence-electron chi connectivity index (χ1n) is 8.21. The van der Waals surface area contributed by atoms with Gasteiger partial charge in [-0.15, -0.1) is 0 Å². The molecule has 134 valence electrons. The number of rotatable bonds is 4. The van der Waals surface area contributed by atoms with Gasteiger partial charge >= 0.3 is 0 Å². The summed E-state index contributed by atoms with van der Waals surface area (Å²) in [6.45, 7) is 6.05. The quantitative estimate of drug-likeness (QED) is 0.731. The van der Waals surface area contributed by atoms with Crippen LogP contribution in [0.1, 0.15) is 30.9 Å². The van der Waals surface area contributed by atoms with Crippen molar-refractivity contribution in [3.63, 3.8) is 0 Å². The highest BCUT2D eigenvalue weighted by Crippen LogP contribution is 2.32. The van der Waals surface area contributed by atoms with E-state index in [1.54, 1.807) is 18.2 Å². The maximum Gasteiger partial charge on any atom is 0.283 e. The summed E-state index contributed by atoms with van der Waals surface area (Å²) in [4.78, 5) is 26.3. The van der Waals surface area contributed by atoms with E-state index in [-0.39, 0.29) is 10.7 Å². The smallest absolute Gasteiger partial charge is 0.283 e. The maximum absolute atomic E-state index is 12.8. The van der Waals surface area contributed by atoms with Crippen LogP contribution in [-0.4, -0.2) is 11.8 Å². The van der Waals surface area contributed by atoms with Crippen molar-refractivity contribution in [3.8, 4) is 0 Å². The number of carbonyl (C=O) groups is 2. The van der Waals surface area contributed by atoms with Crippen molar-refractivity contribution >= 4 is 46.4 Å². The molecule has 1 aliphatic rings. The molecule has 1 heterocycles. The summed E-state index contributed by atoms with van der Waals surface area (Å²) in [6.07, 6.45) is 0. The average molecular weight is 389 g/mol. The lowest BCUT2D eigenvalue weighted by atomic mass is 10.0. The summed E-state index contributed by atoms with van der Waals surface area (Å²) >= 11 is 12.3. The summed E-state index contributed by atoms with van der Waals surface area (Å²) in [5.74, 6) is -0.672. The predicted molar refractivity (Wildman–Crippen MR) is 106 cm³/mol. The molecule has 1 N–H and O–H groups in total. The number of benzene rings is 2. The summed E-state index contributed by atoms with van der Waals surface area (Å²) in [6, 6.07) is 12.7. The lowest BCUT2D eigenvalue weighted by molar-refractivity contribution is -0.120. The molecule has 2 aromatic carbocycles. The highest BCUT2D eigenvalue weighted by Gasteiger charge is 2.39. The highest BCUT2D eigenvalue weighted by atomic mass is 35.5. The van der Waals surface area contributed by atoms with Gasteiger partial charge in [0.25, 0.3) is 11.8 Å². The number of hydrogen-bond donors (Lipinski definition) is 1. The molecule has 26 heavy (non-hydrogen) atoms. The van der Waals surface area contributed by atoms with Crippen molar-refractivity contribution in [3.05, 3.63) is 69.3 Å². The Balaban J connectivity index is 1.87. The van der Waals surface area contributed by atoms with Crippen molar-refractivity contribution < 1.29 is 9.59 Å². The molecule has 4 nitrogen and oxygen atoms in total. The van der Waals surface area contributed by atoms with Gasteiger partial charge in [-0.25, -0.2) is 4.90 Å². The first-order valence-corrected chi connectivity index (χ1v) is 8.97. The van der Waals surface area contributed by atoms with Crippen LogP contribution in [0.2, 0.25) is 5.02 Å². The molecule has 0 atom stereocenters. The van der Waals surface area contributed by atoms with Crippen LogP contribution in [0.15, 0.2) is 53.2 Å². The monoisotopic (exact) mass is 388 g/mol. The minimum Gasteiger partial charge on any atom is -0.350 e. The number of nitrogens with one attached hydrogen (secondary N) is 1. The normalized spacial score (nSPS) is 14.6. The number of hydrogen-bond acceptors (Lipinski definition) is 3. The van der Waals surface area contributed by atoms with Gasteiger partial charge in [0.2, 0.25) is 0 Å². The molecule has 6 heteroatoms. The van der Waals surface area contributed by atoms with Crippen LogP contribution in [0.25, 0.3) is 0 Å². The van der Waals surface area contributed by atoms with Crippen LogP contribution in [0, 0.1) is 6.92 Å². The fourth-order valence-corrected chi connectivity index (χ4v) is 3.05. The molecule has 0 bridgehead atoms. The third kappa shape index (κ3) is 3.35. The molecule has 0 aromatic heterocycles. The Bertz CT molecular complexity index is 918. The zero-order chi connectivity index (χ0) is 19.0. The first kappa shape index (κ1) is 18.5. The van der Waals surface area contributed by atoms with E-state index in [4.69, 9.17) is 23.2 Å². The van der Waals surface area contributed by atoms with Crippen LogP contribution in [0.3, 0.4) is 0 Å². The topological polar surface area (TPSA) is 49.4 Å². The molecule has 3 rings (SSSR count). The number of imide groups is 1. The first-order chi connectivity index (χ1) is 12.3. The van der Waals surface area contributed by atoms with Crippen molar-refractivity contribution in [1.29, 1.82) is 0 Å². The van der Waals surface area contributed by atoms with E-state index in [1.165, 1.54) is 5.56 Å². The Labute approximate surface area is 162 Å². The van der Waals surface area contributed by atoms with Crippen LogP contribution >= 0.6 is 23.2 Å². The van der Waals surface area contributed by atoms with Gasteiger partial charge in [-0.1, -0.05) is 55.2 Å². The van der Waals surface area contributed by atoms with E-state index in [9.17, 15) is 9.59 Å². The van der Waals surface area contributed by atoms with Gasteiger partial charge in [0.1, 0.15) is 10.7 Å². The molecule has 0 fully saturated rings. The zero-order valence-corrected chi connectivity index (χ0v) is 16.2. The standard InChI is InChI=1S/C20H18Cl2N2O2/c1-11(2)13-5-7-14(8-6-13)23-18-17(22)19(25)24(20(18)26)15-9-4-12(3)16(21)10-15/h4-11,23H,1-3H3. The third-order valence-electron chi connectivity index (χ3n) is 4.29. The van der Waals surface area contributed by atoms with Crippen LogP contribution in [0.4, 0.5) is 11.4 Å². The van der Waals surface area contributed by atoms with Gasteiger partial charge in [-0.05, 0) is 48.2 Å². The number of anilines is 2. The Morgan fingerprint density at radius 2 is 1.62 bits per heavy atom. The van der Waals surface area contributed by atoms with Crippen LogP contribution < -0.4 is 10.2 Å². The molecule has 0 saturated carbocycles. The van der Waals surface area contributed by atoms with Gasteiger partial charge in [0, 0.05) is 10.7 Å². The van der Waals surface area contributed by atoms with Gasteiger partial charge in [-0.3, -0.25) is 9.59 Å². The molecule has 0 aliphatic carbocycles. The predicted octanol–water partition coefficient (Wildman–Crippen LogP) is 5.21. The van der Waals surface area contributed by atoms with Crippen molar-refractivity contribution in [1.82, 2.24) is 0 Å². The number of amides is 2. The molecule has 0 radical (unpaired) electrons. The maximum atomic E-state index is 12.8. The van der Waals surface area contributed by atoms with Gasteiger partial charge in [0.15, 0.2) is 0 Å². The summed E-state index contributed by atoms with van der Waals surface area (Å²) in [5.41, 5.74) is 3.18. The Hall–Kier alpha value is -2.30. The molecule has 0 saturated heterocycles. The van der Waals surface area contributed by atoms with E-state index in [1.807, 2.05) is 31.2 Å². The molecule has 0 spiro atoms. The molecule has 2 amide bonds. The second-order valence-electron chi connectivity index (χ2n) is 6.47. The van der Waals surface area contributed by atoms with E-state index < -0.39 is 11.8 Å². The lowest BCUT2D eigenvalue weighted by Crippen LogP contribution is -2.32. The minimum atomic E-state index is -0.571. The number of aryl methyl sites for hydroxylation is 1. The fraction of sp³-hybridized carbons (Fsp3) is 0.200. The van der Waals surface area contributed by atoms with Gasteiger partial charge in [0.05, 0.1) is 5.69 Å². The van der Waals surface area contributed by atoms with Crippen LogP contribution in [0.5, 0.6) is 0 Å². The highest BCUT2D eigenvalue weighted by molar-refractivity contribution is 6.53. The Morgan fingerprint density at radius 3 is 2.19 bits per heavy atom. The summed E-state index contributed by atoms with van der Waals surface area (Å²) in [5, 5.41) is 3.30. The zero-order valence-electron chi connectivity index (χ0n) is 14.6. The van der Waals surface area contributed by atoms with E-state index in [2.05, 4.69) is 19.2 Å². The fourth-order valence-electron chi connectivity index (χ4n) is 2.66. The van der Waals surface area contributed by atoms with E-state index in [0.717, 1.165) is 10.5 Å². The van der Waals surface area contributed by atoms with Crippen molar-refractivity contribution in [2.45, 2.75) is 26.7 Å². The Kier molecular flexibility index (Phi) is 5.08. The number of carbonyl (C=O) groups excluding carboxylic acids is 2. The number of halogens is 2. The molecular formula is C20H18Cl2N2O2. The van der Waals surface area contributed by atoms with Gasteiger partial charge in [-0.2, -0.15) is 0 Å². The SMILES string of the molecule is Cc1ccc(N2C(=O)C(Cl)=C(Nc3ccc(C(C)C)cc3)C2=O)cc1Cl. The van der Waals surface area contributed by atoms with Gasteiger partial charge < -0.3 is 5.32 Å². The third-order valence-corrected chi connectivity index (χ3v) is 5.05. The van der Waals surface area contributed by atoms with E-state index >= 15 is 0 Å². The molecule has 2 aromatic rings. The molecular weight excluding hydrogens is 371 g/mol. The molecule has 1 aliphatic heterocycles.